The van der Waals surface area contributed by atoms with E-state index < -0.39 is 0 Å². The molecule has 0 aliphatic heterocycles. The number of nitrogens with zero attached hydrogens (tertiary/aromatic N) is 2. The van der Waals surface area contributed by atoms with E-state index in [1.165, 1.54) is 12.4 Å². The predicted molar refractivity (Wildman–Crippen MR) is 49.9 cm³/mol. The Labute approximate surface area is 79.6 Å². The summed E-state index contributed by atoms with van der Waals surface area (Å²) in [6.45, 7) is 0. The fraction of sp³-hybridized carbons (Fsp3) is 0. The lowest BCUT2D eigenvalue weighted by Gasteiger charge is -2.00. The summed E-state index contributed by atoms with van der Waals surface area (Å²) < 4.78 is 3.07. The van der Waals surface area contributed by atoms with Crippen molar-refractivity contribution in [3.05, 3.63) is 46.6 Å². The van der Waals surface area contributed by atoms with Crippen molar-refractivity contribution >= 4 is 12.2 Å². The molecular formula is C8H7N3OS. The second-order valence-corrected chi connectivity index (χ2v) is 3.02. The van der Waals surface area contributed by atoms with Gasteiger partial charge in [-0.2, -0.15) is 4.73 Å². The van der Waals surface area contributed by atoms with Gasteiger partial charge in [0.05, 0.1) is 0 Å². The highest BCUT2D eigenvalue weighted by Gasteiger charge is 1.98. The first kappa shape index (κ1) is 8.00. The van der Waals surface area contributed by atoms with Gasteiger partial charge in [-0.1, -0.05) is 12.2 Å². The molecule has 1 N–H and O–H groups in total. The Morgan fingerprint density at radius 3 is 2.92 bits per heavy atom. The maximum Gasteiger partial charge on any atom is 0.205 e. The maximum absolute atomic E-state index is 10.9. The van der Waals surface area contributed by atoms with Gasteiger partial charge in [-0.15, -0.1) is 0 Å². The Morgan fingerprint density at radius 2 is 2.31 bits per heavy atom. The highest BCUT2D eigenvalue weighted by Crippen LogP contribution is 2.01. The van der Waals surface area contributed by atoms with Gasteiger partial charge in [-0.3, -0.25) is 9.78 Å². The molecular weight excluding hydrogens is 186 g/mol. The van der Waals surface area contributed by atoms with Crippen molar-refractivity contribution in [1.29, 1.82) is 0 Å². The van der Waals surface area contributed by atoms with E-state index in [4.69, 9.17) is 12.2 Å². The van der Waals surface area contributed by atoms with Crippen molar-refractivity contribution in [2.75, 3.05) is 0 Å². The number of nitrogens with one attached hydrogen (secondary N) is 1. The van der Waals surface area contributed by atoms with E-state index in [0.717, 1.165) is 10.4 Å². The molecule has 0 aliphatic rings. The van der Waals surface area contributed by atoms with Crippen LogP contribution in [0.1, 0.15) is 0 Å². The monoisotopic (exact) mass is 193 g/mol. The zero-order valence-electron chi connectivity index (χ0n) is 6.68. The molecule has 2 rings (SSSR count). The van der Waals surface area contributed by atoms with Gasteiger partial charge < -0.3 is 5.21 Å². The van der Waals surface area contributed by atoms with Crippen LogP contribution in [0.4, 0.5) is 0 Å². The summed E-state index contributed by atoms with van der Waals surface area (Å²) in [6.07, 6.45) is 4.67. The number of hydrogen-bond acceptors (Lipinski definition) is 2. The molecule has 0 amide bonds. The van der Waals surface area contributed by atoms with E-state index >= 15 is 0 Å². The van der Waals surface area contributed by atoms with Gasteiger partial charge in [0.15, 0.2) is 6.20 Å². The summed E-state index contributed by atoms with van der Waals surface area (Å²) in [5.74, 6) is 0. The zero-order chi connectivity index (χ0) is 9.26. The third-order valence-corrected chi connectivity index (χ3v) is 1.87. The Kier molecular flexibility index (Phi) is 1.86. The highest BCUT2D eigenvalue weighted by atomic mass is 32.1. The standard InChI is InChI=1S/C8H7N3OS/c12-10-4-1-2-7(6-10)11-5-3-8(13)9-11/h1-6H,(H,9,13). The molecule has 5 heteroatoms. The minimum atomic E-state index is 0.640. The molecule has 0 unspecified atom stereocenters. The van der Waals surface area contributed by atoms with E-state index in [2.05, 4.69) is 5.10 Å². The molecule has 4 nitrogen and oxygen atoms in total. The van der Waals surface area contributed by atoms with E-state index in [0.29, 0.717) is 4.64 Å². The van der Waals surface area contributed by atoms with E-state index in [1.807, 2.05) is 6.07 Å². The second kappa shape index (κ2) is 3.02. The molecule has 0 atom stereocenters. The number of pyridine rings is 1. The molecule has 13 heavy (non-hydrogen) atoms. The summed E-state index contributed by atoms with van der Waals surface area (Å²) in [6, 6.07) is 5.26. The Morgan fingerprint density at radius 1 is 1.46 bits per heavy atom. The topological polar surface area (TPSA) is 47.7 Å². The Balaban J connectivity index is 2.52. The molecule has 0 saturated heterocycles. The molecule has 0 saturated carbocycles. The first-order valence-electron chi connectivity index (χ1n) is 3.72. The number of H-pyrrole nitrogens is 1. The summed E-state index contributed by atoms with van der Waals surface area (Å²) in [7, 11) is 0. The summed E-state index contributed by atoms with van der Waals surface area (Å²) in [5, 5.41) is 13.8. The van der Waals surface area contributed by atoms with Crippen molar-refractivity contribution in [3.8, 4) is 5.69 Å². The van der Waals surface area contributed by atoms with Crippen LogP contribution in [0.5, 0.6) is 0 Å². The fourth-order valence-corrected chi connectivity index (χ4v) is 1.23. The summed E-state index contributed by atoms with van der Waals surface area (Å²) in [5.41, 5.74) is 0.758. The fourth-order valence-electron chi connectivity index (χ4n) is 1.07. The SMILES string of the molecule is [O-][n+]1cccc(-n2ccc(=S)[nH]2)c1. The lowest BCUT2D eigenvalue weighted by Crippen LogP contribution is -2.25. The Hall–Kier alpha value is -1.62. The number of hydrogen-bond donors (Lipinski definition) is 1. The van der Waals surface area contributed by atoms with Crippen LogP contribution in [0.2, 0.25) is 0 Å². The average Bonchev–Trinajstić information content (AvgIpc) is 2.52. The molecule has 0 bridgehead atoms. The molecule has 0 aliphatic carbocycles. The summed E-state index contributed by atoms with van der Waals surface area (Å²) in [4.78, 5) is 0. The molecule has 0 aromatic carbocycles. The van der Waals surface area contributed by atoms with Gasteiger partial charge in [-0.05, 0) is 12.1 Å². The average molecular weight is 193 g/mol. The quantitative estimate of drug-likeness (QED) is 0.420. The van der Waals surface area contributed by atoms with Crippen LogP contribution in [0.25, 0.3) is 5.69 Å². The van der Waals surface area contributed by atoms with Crippen LogP contribution in [0.3, 0.4) is 0 Å². The van der Waals surface area contributed by atoms with Crippen LogP contribution >= 0.6 is 12.2 Å². The molecule has 2 aromatic heterocycles. The van der Waals surface area contributed by atoms with E-state index in [9.17, 15) is 5.21 Å². The van der Waals surface area contributed by atoms with Gasteiger partial charge in [-0.25, -0.2) is 0 Å². The van der Waals surface area contributed by atoms with E-state index in [1.54, 1.807) is 23.0 Å². The minimum Gasteiger partial charge on any atom is -0.619 e. The predicted octanol–water partition coefficient (Wildman–Crippen LogP) is 1.17. The number of rotatable bonds is 1. The maximum atomic E-state index is 10.9. The van der Waals surface area contributed by atoms with Crippen molar-refractivity contribution in [2.24, 2.45) is 0 Å². The molecule has 2 heterocycles. The minimum absolute atomic E-state index is 0.640. The highest BCUT2D eigenvalue weighted by molar-refractivity contribution is 7.71. The lowest BCUT2D eigenvalue weighted by atomic mass is 10.4. The summed E-state index contributed by atoms with van der Waals surface area (Å²) >= 11 is 4.90. The normalized spacial score (nSPS) is 10.2. The lowest BCUT2D eigenvalue weighted by molar-refractivity contribution is -0.605. The first-order chi connectivity index (χ1) is 6.25. The third kappa shape index (κ3) is 1.59. The van der Waals surface area contributed by atoms with Crippen molar-refractivity contribution in [3.63, 3.8) is 0 Å². The van der Waals surface area contributed by atoms with Crippen LogP contribution < -0.4 is 4.73 Å². The second-order valence-electron chi connectivity index (χ2n) is 2.58. The van der Waals surface area contributed by atoms with Gasteiger partial charge in [0.2, 0.25) is 6.20 Å². The van der Waals surface area contributed by atoms with Gasteiger partial charge in [0.25, 0.3) is 0 Å². The first-order valence-corrected chi connectivity index (χ1v) is 4.13. The molecule has 66 valence electrons. The molecule has 0 spiro atoms. The van der Waals surface area contributed by atoms with Gasteiger partial charge in [0, 0.05) is 12.3 Å². The van der Waals surface area contributed by atoms with Crippen molar-refractivity contribution in [2.45, 2.75) is 0 Å². The van der Waals surface area contributed by atoms with Crippen LogP contribution in [-0.2, 0) is 0 Å². The number of aromatic amines is 1. The largest absolute Gasteiger partial charge is 0.619 e. The smallest absolute Gasteiger partial charge is 0.205 e. The zero-order valence-corrected chi connectivity index (χ0v) is 7.49. The van der Waals surface area contributed by atoms with Gasteiger partial charge >= 0.3 is 0 Å². The molecule has 0 radical (unpaired) electrons. The third-order valence-electron chi connectivity index (χ3n) is 1.64. The van der Waals surface area contributed by atoms with Crippen molar-refractivity contribution in [1.82, 2.24) is 9.78 Å². The molecule has 2 aromatic rings. The van der Waals surface area contributed by atoms with E-state index in [-0.39, 0.29) is 0 Å². The number of aromatic nitrogens is 3. The van der Waals surface area contributed by atoms with Crippen molar-refractivity contribution < 1.29 is 4.73 Å². The van der Waals surface area contributed by atoms with Crippen LogP contribution in [0.15, 0.2) is 36.8 Å². The van der Waals surface area contributed by atoms with Crippen LogP contribution in [0, 0.1) is 9.85 Å². The van der Waals surface area contributed by atoms with Crippen LogP contribution in [-0.4, -0.2) is 9.78 Å². The Bertz CT molecular complexity index is 474. The van der Waals surface area contributed by atoms with Gasteiger partial charge in [0.1, 0.15) is 10.3 Å². The molecule has 0 fully saturated rings.